The van der Waals surface area contributed by atoms with Crippen LogP contribution in [-0.4, -0.2) is 54.9 Å². The first-order chi connectivity index (χ1) is 13.8. The third-order valence-corrected chi connectivity index (χ3v) is 5.39. The van der Waals surface area contributed by atoms with Crippen LogP contribution in [0.5, 0.6) is 5.75 Å². The zero-order valence-corrected chi connectivity index (χ0v) is 17.5. The van der Waals surface area contributed by atoms with Crippen LogP contribution in [-0.2, 0) is 22.4 Å². The van der Waals surface area contributed by atoms with Gasteiger partial charge in [0.15, 0.2) is 0 Å². The standard InChI is InChI=1S/C18H28N2O.C4H4O4/c1-4-13(2)12-20-9-10-21-17-11-15-5-7-19-8-6-16(15)14(3)18(17)20;5-3(6)1-2-4(7)8/h11,13,19H,4-10,12H2,1-3H3;1-2H,(H,5,6)(H,7,8)/b;2-1+/t13-;/m0./s1. The highest BCUT2D eigenvalue weighted by atomic mass is 16.5. The lowest BCUT2D eigenvalue weighted by Gasteiger charge is -2.35. The highest BCUT2D eigenvalue weighted by Crippen LogP contribution is 2.39. The second kappa shape index (κ2) is 10.9. The summed E-state index contributed by atoms with van der Waals surface area (Å²) in [7, 11) is 0. The van der Waals surface area contributed by atoms with Gasteiger partial charge < -0.3 is 25.2 Å². The monoisotopic (exact) mass is 404 g/mol. The fourth-order valence-electron chi connectivity index (χ4n) is 3.73. The maximum atomic E-state index is 9.55. The van der Waals surface area contributed by atoms with E-state index in [9.17, 15) is 9.59 Å². The second-order valence-electron chi connectivity index (χ2n) is 7.55. The minimum absolute atomic E-state index is 0.558. The summed E-state index contributed by atoms with van der Waals surface area (Å²) in [6, 6.07) is 2.31. The van der Waals surface area contributed by atoms with Gasteiger partial charge in [-0.3, -0.25) is 0 Å². The molecule has 1 aromatic carbocycles. The molecule has 0 aromatic heterocycles. The molecule has 7 nitrogen and oxygen atoms in total. The van der Waals surface area contributed by atoms with E-state index in [0.29, 0.717) is 12.2 Å². The van der Waals surface area contributed by atoms with E-state index in [1.807, 2.05) is 0 Å². The van der Waals surface area contributed by atoms with Crippen molar-refractivity contribution >= 4 is 17.6 Å². The predicted octanol–water partition coefficient (Wildman–Crippen LogP) is 2.64. The van der Waals surface area contributed by atoms with Crippen molar-refractivity contribution in [2.75, 3.05) is 37.7 Å². The Kier molecular flexibility index (Phi) is 8.51. The van der Waals surface area contributed by atoms with Crippen LogP contribution in [0.15, 0.2) is 18.2 Å². The minimum atomic E-state index is -1.26. The van der Waals surface area contributed by atoms with E-state index in [2.05, 4.69) is 37.1 Å². The molecule has 1 aromatic rings. The van der Waals surface area contributed by atoms with Crippen LogP contribution in [0.3, 0.4) is 0 Å². The lowest BCUT2D eigenvalue weighted by molar-refractivity contribution is -0.134. The van der Waals surface area contributed by atoms with Crippen molar-refractivity contribution in [3.05, 3.63) is 34.9 Å². The van der Waals surface area contributed by atoms with Crippen molar-refractivity contribution in [1.82, 2.24) is 5.32 Å². The zero-order valence-electron chi connectivity index (χ0n) is 17.5. The first-order valence-electron chi connectivity index (χ1n) is 10.2. The third-order valence-electron chi connectivity index (χ3n) is 5.39. The molecule has 2 aliphatic rings. The smallest absolute Gasteiger partial charge is 0.328 e. The first kappa shape index (κ1) is 22.7. The van der Waals surface area contributed by atoms with Crippen LogP contribution < -0.4 is 15.0 Å². The van der Waals surface area contributed by atoms with Gasteiger partial charge >= 0.3 is 11.9 Å². The molecule has 0 bridgehead atoms. The average molecular weight is 405 g/mol. The number of nitrogens with zero attached hydrogens (tertiary/aromatic N) is 1. The normalized spacial score (nSPS) is 16.6. The largest absolute Gasteiger partial charge is 0.490 e. The van der Waals surface area contributed by atoms with Crippen LogP contribution in [0.1, 0.15) is 37.0 Å². The van der Waals surface area contributed by atoms with Gasteiger partial charge in [-0.05, 0) is 61.5 Å². The van der Waals surface area contributed by atoms with E-state index >= 15 is 0 Å². The van der Waals surface area contributed by atoms with Gasteiger partial charge in [-0.1, -0.05) is 20.3 Å². The molecular weight excluding hydrogens is 372 g/mol. The number of anilines is 1. The van der Waals surface area contributed by atoms with Gasteiger partial charge in [-0.15, -0.1) is 0 Å². The molecule has 0 radical (unpaired) electrons. The van der Waals surface area contributed by atoms with Crippen LogP contribution in [0.25, 0.3) is 0 Å². The van der Waals surface area contributed by atoms with Gasteiger partial charge in [-0.2, -0.15) is 0 Å². The Labute approximate surface area is 172 Å². The van der Waals surface area contributed by atoms with E-state index < -0.39 is 11.9 Å². The van der Waals surface area contributed by atoms with Gasteiger partial charge in [0.1, 0.15) is 12.4 Å². The summed E-state index contributed by atoms with van der Waals surface area (Å²) in [6.07, 6.45) is 4.62. The molecule has 0 saturated heterocycles. The average Bonchev–Trinajstić information content (AvgIpc) is 2.92. The number of ether oxygens (including phenoxy) is 1. The van der Waals surface area contributed by atoms with Crippen LogP contribution in [0, 0.1) is 12.8 Å². The molecule has 160 valence electrons. The number of hydrogen-bond donors (Lipinski definition) is 3. The lowest BCUT2D eigenvalue weighted by Crippen LogP contribution is -2.36. The molecule has 0 aliphatic carbocycles. The van der Waals surface area contributed by atoms with Crippen molar-refractivity contribution in [2.45, 2.75) is 40.0 Å². The number of carboxylic acid groups (broad SMARTS) is 2. The number of fused-ring (bicyclic) bond motifs is 2. The Hall–Kier alpha value is -2.54. The van der Waals surface area contributed by atoms with E-state index in [-0.39, 0.29) is 0 Å². The SMILES string of the molecule is CC[C@H](C)CN1CCOc2cc3c(c(C)c21)CCNCC3.O=C(O)/C=C/C(=O)O. The van der Waals surface area contributed by atoms with E-state index in [1.54, 1.807) is 5.56 Å². The van der Waals surface area contributed by atoms with Crippen molar-refractivity contribution < 1.29 is 24.5 Å². The molecular formula is C22H32N2O5. The molecule has 29 heavy (non-hydrogen) atoms. The van der Waals surface area contributed by atoms with Crippen LogP contribution in [0.4, 0.5) is 5.69 Å². The summed E-state index contributed by atoms with van der Waals surface area (Å²) in [4.78, 5) is 21.7. The summed E-state index contributed by atoms with van der Waals surface area (Å²) < 4.78 is 5.99. The molecule has 1 atom stereocenters. The highest BCUT2D eigenvalue weighted by molar-refractivity contribution is 5.89. The fraction of sp³-hybridized carbons (Fsp3) is 0.545. The van der Waals surface area contributed by atoms with E-state index in [4.69, 9.17) is 14.9 Å². The van der Waals surface area contributed by atoms with Crippen molar-refractivity contribution in [1.29, 1.82) is 0 Å². The number of aliphatic carboxylic acids is 2. The molecule has 7 heteroatoms. The van der Waals surface area contributed by atoms with Crippen molar-refractivity contribution in [3.8, 4) is 5.75 Å². The molecule has 2 aliphatic heterocycles. The van der Waals surface area contributed by atoms with Gasteiger partial charge in [-0.25, -0.2) is 9.59 Å². The van der Waals surface area contributed by atoms with Crippen LogP contribution in [0.2, 0.25) is 0 Å². The molecule has 0 saturated carbocycles. The quantitative estimate of drug-likeness (QED) is 0.649. The zero-order chi connectivity index (χ0) is 21.4. The summed E-state index contributed by atoms with van der Waals surface area (Å²) >= 11 is 0. The molecule has 0 amide bonds. The second-order valence-corrected chi connectivity index (χ2v) is 7.55. The van der Waals surface area contributed by atoms with E-state index in [1.165, 1.54) is 23.2 Å². The number of hydrogen-bond acceptors (Lipinski definition) is 5. The molecule has 0 fully saturated rings. The van der Waals surface area contributed by atoms with E-state index in [0.717, 1.165) is 57.3 Å². The Balaban J connectivity index is 0.000000321. The molecule has 3 rings (SSSR count). The number of benzene rings is 1. The molecule has 2 heterocycles. The maximum Gasteiger partial charge on any atom is 0.328 e. The third kappa shape index (κ3) is 6.49. The summed E-state index contributed by atoms with van der Waals surface area (Å²) in [5.41, 5.74) is 5.86. The molecule has 3 N–H and O–H groups in total. The van der Waals surface area contributed by atoms with Gasteiger partial charge in [0.25, 0.3) is 0 Å². The first-order valence-corrected chi connectivity index (χ1v) is 10.2. The van der Waals surface area contributed by atoms with Gasteiger partial charge in [0.05, 0.1) is 12.2 Å². The Morgan fingerprint density at radius 1 is 1.24 bits per heavy atom. The predicted molar refractivity (Wildman–Crippen MR) is 113 cm³/mol. The number of rotatable bonds is 5. The Morgan fingerprint density at radius 3 is 2.52 bits per heavy atom. The summed E-state index contributed by atoms with van der Waals surface area (Å²) in [6.45, 7) is 12.1. The fourth-order valence-corrected chi connectivity index (χ4v) is 3.73. The molecule has 0 spiro atoms. The van der Waals surface area contributed by atoms with Crippen molar-refractivity contribution in [2.24, 2.45) is 5.92 Å². The van der Waals surface area contributed by atoms with Gasteiger partial charge in [0, 0.05) is 18.7 Å². The van der Waals surface area contributed by atoms with Gasteiger partial charge in [0.2, 0.25) is 0 Å². The van der Waals surface area contributed by atoms with Crippen molar-refractivity contribution in [3.63, 3.8) is 0 Å². The Morgan fingerprint density at radius 2 is 1.90 bits per heavy atom. The van der Waals surface area contributed by atoms with Crippen LogP contribution >= 0.6 is 0 Å². The number of carboxylic acids is 2. The maximum absolute atomic E-state index is 9.55. The molecule has 0 unspecified atom stereocenters. The topological polar surface area (TPSA) is 99.1 Å². The number of nitrogens with one attached hydrogen (secondary N) is 1. The minimum Gasteiger partial charge on any atom is -0.490 e. The summed E-state index contributed by atoms with van der Waals surface area (Å²) in [5.74, 6) is -0.668. The lowest BCUT2D eigenvalue weighted by atomic mass is 9.94. The summed E-state index contributed by atoms with van der Waals surface area (Å²) in [5, 5.41) is 19.1. The Bertz CT molecular complexity index is 744. The number of carbonyl (C=O) groups is 2. The highest BCUT2D eigenvalue weighted by Gasteiger charge is 2.25.